The highest BCUT2D eigenvalue weighted by Crippen LogP contribution is 2.20. The molecule has 1 saturated heterocycles. The normalized spacial score (nSPS) is 13.3. The standard InChI is InChI=1S/C20H27N5O3/c1-15-12-18(25-10-3-4-11-25)24-20(23-15)22-9-8-21-19(26)14-28-17-7-5-6-16(13-17)27-2/h5-7,12-13H,3-4,8-11,14H2,1-2H3,(H,21,26)(H,22,23,24). The first-order valence-corrected chi connectivity index (χ1v) is 9.52. The van der Waals surface area contributed by atoms with E-state index in [0.29, 0.717) is 30.5 Å². The first-order chi connectivity index (χ1) is 13.6. The van der Waals surface area contributed by atoms with Crippen LogP contribution in [0.5, 0.6) is 11.5 Å². The van der Waals surface area contributed by atoms with E-state index < -0.39 is 0 Å². The Morgan fingerprint density at radius 3 is 2.71 bits per heavy atom. The highest BCUT2D eigenvalue weighted by molar-refractivity contribution is 5.77. The van der Waals surface area contributed by atoms with E-state index in [-0.39, 0.29) is 12.5 Å². The number of ether oxygens (including phenoxy) is 2. The number of aryl methyl sites for hydroxylation is 1. The number of carbonyl (C=O) groups excluding carboxylic acids is 1. The number of amides is 1. The van der Waals surface area contributed by atoms with Gasteiger partial charge in [-0.1, -0.05) is 6.07 Å². The van der Waals surface area contributed by atoms with Gasteiger partial charge < -0.3 is 25.0 Å². The third kappa shape index (κ3) is 5.73. The molecule has 0 atom stereocenters. The number of hydrogen-bond acceptors (Lipinski definition) is 7. The molecule has 1 aromatic heterocycles. The van der Waals surface area contributed by atoms with E-state index >= 15 is 0 Å². The number of methoxy groups -OCH3 is 1. The number of benzene rings is 1. The molecule has 0 bridgehead atoms. The summed E-state index contributed by atoms with van der Waals surface area (Å²) in [4.78, 5) is 23.2. The van der Waals surface area contributed by atoms with Crippen LogP contribution in [0.25, 0.3) is 0 Å². The quantitative estimate of drug-likeness (QED) is 0.638. The van der Waals surface area contributed by atoms with E-state index in [9.17, 15) is 4.79 Å². The summed E-state index contributed by atoms with van der Waals surface area (Å²) in [5.74, 6) is 2.64. The molecule has 8 heteroatoms. The highest BCUT2D eigenvalue weighted by Gasteiger charge is 2.15. The molecule has 1 aliphatic heterocycles. The molecule has 0 unspecified atom stereocenters. The van der Waals surface area contributed by atoms with Gasteiger partial charge in [0, 0.05) is 44.0 Å². The van der Waals surface area contributed by atoms with Gasteiger partial charge in [-0.2, -0.15) is 4.98 Å². The smallest absolute Gasteiger partial charge is 0.258 e. The minimum Gasteiger partial charge on any atom is -0.497 e. The monoisotopic (exact) mass is 385 g/mol. The summed E-state index contributed by atoms with van der Waals surface area (Å²) >= 11 is 0. The van der Waals surface area contributed by atoms with Gasteiger partial charge in [0.25, 0.3) is 5.91 Å². The molecular weight excluding hydrogens is 358 g/mol. The van der Waals surface area contributed by atoms with Gasteiger partial charge in [-0.05, 0) is 31.9 Å². The van der Waals surface area contributed by atoms with Gasteiger partial charge in [-0.15, -0.1) is 0 Å². The van der Waals surface area contributed by atoms with Gasteiger partial charge in [0.1, 0.15) is 17.3 Å². The van der Waals surface area contributed by atoms with Gasteiger partial charge in [0.15, 0.2) is 6.61 Å². The van der Waals surface area contributed by atoms with Gasteiger partial charge in [0.05, 0.1) is 7.11 Å². The van der Waals surface area contributed by atoms with Crippen molar-refractivity contribution in [1.29, 1.82) is 0 Å². The molecule has 8 nitrogen and oxygen atoms in total. The van der Waals surface area contributed by atoms with Crippen LogP contribution < -0.4 is 25.0 Å². The number of aromatic nitrogens is 2. The third-order valence-electron chi connectivity index (χ3n) is 4.41. The van der Waals surface area contributed by atoms with Crippen molar-refractivity contribution < 1.29 is 14.3 Å². The molecule has 28 heavy (non-hydrogen) atoms. The number of hydrogen-bond donors (Lipinski definition) is 2. The van der Waals surface area contributed by atoms with Gasteiger partial charge in [0.2, 0.25) is 5.95 Å². The summed E-state index contributed by atoms with van der Waals surface area (Å²) in [6.07, 6.45) is 2.41. The Morgan fingerprint density at radius 2 is 1.93 bits per heavy atom. The van der Waals surface area contributed by atoms with E-state index in [4.69, 9.17) is 9.47 Å². The molecule has 1 amide bonds. The molecule has 2 aromatic rings. The predicted molar refractivity (Wildman–Crippen MR) is 108 cm³/mol. The van der Waals surface area contributed by atoms with Crippen LogP contribution in [0.3, 0.4) is 0 Å². The minimum absolute atomic E-state index is 0.0484. The van der Waals surface area contributed by atoms with Gasteiger partial charge in [-0.3, -0.25) is 4.79 Å². The summed E-state index contributed by atoms with van der Waals surface area (Å²) in [5.41, 5.74) is 0.926. The van der Waals surface area contributed by atoms with Crippen molar-refractivity contribution in [3.63, 3.8) is 0 Å². The molecule has 0 radical (unpaired) electrons. The maximum atomic E-state index is 11.9. The molecule has 1 fully saturated rings. The van der Waals surface area contributed by atoms with Gasteiger partial charge in [-0.25, -0.2) is 4.98 Å². The summed E-state index contributed by atoms with van der Waals surface area (Å²) in [5, 5.41) is 5.99. The lowest BCUT2D eigenvalue weighted by molar-refractivity contribution is -0.123. The zero-order valence-electron chi connectivity index (χ0n) is 16.4. The first kappa shape index (κ1) is 19.7. The Balaban J connectivity index is 1.39. The van der Waals surface area contributed by atoms with Crippen LogP contribution in [0.4, 0.5) is 11.8 Å². The molecule has 0 spiro atoms. The van der Waals surface area contributed by atoms with Crippen molar-refractivity contribution in [3.8, 4) is 11.5 Å². The summed E-state index contributed by atoms with van der Waals surface area (Å²) in [7, 11) is 1.59. The molecule has 0 saturated carbocycles. The van der Waals surface area contributed by atoms with Crippen LogP contribution in [0, 0.1) is 6.92 Å². The first-order valence-electron chi connectivity index (χ1n) is 9.52. The molecule has 1 aromatic carbocycles. The van der Waals surface area contributed by atoms with Crippen LogP contribution in [-0.4, -0.2) is 55.8 Å². The Morgan fingerprint density at radius 1 is 1.14 bits per heavy atom. The molecule has 0 aliphatic carbocycles. The maximum Gasteiger partial charge on any atom is 0.258 e. The van der Waals surface area contributed by atoms with Crippen molar-refractivity contribution >= 4 is 17.7 Å². The van der Waals surface area contributed by atoms with E-state index in [1.165, 1.54) is 12.8 Å². The number of rotatable bonds is 9. The zero-order chi connectivity index (χ0) is 19.8. The molecule has 1 aliphatic rings. The largest absolute Gasteiger partial charge is 0.497 e. The van der Waals surface area contributed by atoms with E-state index in [1.807, 2.05) is 25.1 Å². The van der Waals surface area contributed by atoms with Crippen LogP contribution in [0.1, 0.15) is 18.5 Å². The number of nitrogens with zero attached hydrogens (tertiary/aromatic N) is 3. The second-order valence-electron chi connectivity index (χ2n) is 6.63. The highest BCUT2D eigenvalue weighted by atomic mass is 16.5. The molecule has 2 N–H and O–H groups in total. The summed E-state index contributed by atoms with van der Waals surface area (Å²) in [6.45, 7) is 4.99. The van der Waals surface area contributed by atoms with Crippen molar-refractivity contribution in [1.82, 2.24) is 15.3 Å². The van der Waals surface area contributed by atoms with E-state index in [2.05, 4.69) is 25.5 Å². The molecule has 2 heterocycles. The lowest BCUT2D eigenvalue weighted by Crippen LogP contribution is -2.33. The van der Waals surface area contributed by atoms with Crippen molar-refractivity contribution in [2.24, 2.45) is 0 Å². The summed E-state index contributed by atoms with van der Waals surface area (Å²) in [6, 6.07) is 9.16. The van der Waals surface area contributed by atoms with Crippen LogP contribution in [0.2, 0.25) is 0 Å². The Hall–Kier alpha value is -3.03. The zero-order valence-corrected chi connectivity index (χ0v) is 16.4. The van der Waals surface area contributed by atoms with Crippen LogP contribution in [-0.2, 0) is 4.79 Å². The fourth-order valence-corrected chi connectivity index (χ4v) is 3.01. The lowest BCUT2D eigenvalue weighted by Gasteiger charge is -2.17. The SMILES string of the molecule is COc1cccc(OCC(=O)NCCNc2nc(C)cc(N3CCCC3)n2)c1. The molecule has 3 rings (SSSR count). The number of carbonyl (C=O) groups is 1. The molecular formula is C20H27N5O3. The Labute approximate surface area is 165 Å². The van der Waals surface area contributed by atoms with Crippen molar-refractivity contribution in [2.75, 3.05) is 50.1 Å². The average molecular weight is 385 g/mol. The third-order valence-corrected chi connectivity index (χ3v) is 4.41. The average Bonchev–Trinajstić information content (AvgIpc) is 3.24. The second-order valence-corrected chi connectivity index (χ2v) is 6.63. The fraction of sp³-hybridized carbons (Fsp3) is 0.450. The van der Waals surface area contributed by atoms with Gasteiger partial charge >= 0.3 is 0 Å². The van der Waals surface area contributed by atoms with Crippen molar-refractivity contribution in [2.45, 2.75) is 19.8 Å². The van der Waals surface area contributed by atoms with Crippen molar-refractivity contribution in [3.05, 3.63) is 36.0 Å². The van der Waals surface area contributed by atoms with Crippen LogP contribution in [0.15, 0.2) is 30.3 Å². The fourth-order valence-electron chi connectivity index (χ4n) is 3.01. The minimum atomic E-state index is -0.187. The van der Waals surface area contributed by atoms with E-state index in [0.717, 1.165) is 24.6 Å². The number of nitrogens with one attached hydrogen (secondary N) is 2. The van der Waals surface area contributed by atoms with E-state index in [1.54, 1.807) is 19.2 Å². The topological polar surface area (TPSA) is 88.6 Å². The maximum absolute atomic E-state index is 11.9. The summed E-state index contributed by atoms with van der Waals surface area (Å²) < 4.78 is 10.6. The molecule has 150 valence electrons. The van der Waals surface area contributed by atoms with Crippen LogP contribution >= 0.6 is 0 Å². The lowest BCUT2D eigenvalue weighted by atomic mass is 10.3. The predicted octanol–water partition coefficient (Wildman–Crippen LogP) is 2.00. The number of anilines is 2. The Kier molecular flexibility index (Phi) is 6.89. The second kappa shape index (κ2) is 9.77. The Bertz CT molecular complexity index is 793.